The quantitative estimate of drug-likeness (QED) is 0.198. The van der Waals surface area contributed by atoms with Crippen molar-refractivity contribution >= 4 is 87.6 Å². The predicted octanol–water partition coefficient (Wildman–Crippen LogP) is 10.6. The van der Waals surface area contributed by atoms with Crippen molar-refractivity contribution in [3.63, 3.8) is 0 Å². The van der Waals surface area contributed by atoms with Gasteiger partial charge in [-0.15, -0.1) is 11.3 Å². The highest BCUT2D eigenvalue weighted by Gasteiger charge is 2.31. The Morgan fingerprint density at radius 3 is 1.81 bits per heavy atom. The number of fused-ring (bicyclic) bond motifs is 7. The van der Waals surface area contributed by atoms with E-state index in [4.69, 9.17) is 4.42 Å². The highest BCUT2D eigenvalue weighted by atomic mass is 32.1. The third kappa shape index (κ3) is 3.25. The number of anilines is 6. The van der Waals surface area contributed by atoms with Gasteiger partial charge in [-0.05, 0) is 66.7 Å². The highest BCUT2D eigenvalue weighted by Crippen LogP contribution is 2.55. The van der Waals surface area contributed by atoms with Crippen molar-refractivity contribution in [2.45, 2.75) is 0 Å². The zero-order valence-corrected chi connectivity index (χ0v) is 23.1. The average Bonchev–Trinajstić information content (AvgIpc) is 3.41. The number of rotatable bonds is 2. The SMILES string of the molecule is O=c1c2ccccc2oc2cc3c(cc12)sc1c(N2c4ccccc4N(c4ccccc4)c4ccccc42)cccc13. The average molecular weight is 559 g/mol. The summed E-state index contributed by atoms with van der Waals surface area (Å²) in [7, 11) is 0. The maximum Gasteiger partial charge on any atom is 0.200 e. The lowest BCUT2D eigenvalue weighted by atomic mass is 10.0. The maximum absolute atomic E-state index is 13.4. The number of hydrogen-bond donors (Lipinski definition) is 0. The van der Waals surface area contributed by atoms with E-state index in [-0.39, 0.29) is 5.43 Å². The molecule has 0 radical (unpaired) electrons. The Morgan fingerprint density at radius 1 is 0.476 bits per heavy atom. The highest BCUT2D eigenvalue weighted by molar-refractivity contribution is 7.26. The van der Waals surface area contributed by atoms with E-state index in [9.17, 15) is 4.79 Å². The Morgan fingerprint density at radius 2 is 1.07 bits per heavy atom. The van der Waals surface area contributed by atoms with Crippen LogP contribution < -0.4 is 15.2 Å². The van der Waals surface area contributed by atoms with Crippen LogP contribution in [0.15, 0.2) is 143 Å². The zero-order valence-electron chi connectivity index (χ0n) is 22.3. The molecule has 0 spiro atoms. The smallest absolute Gasteiger partial charge is 0.200 e. The predicted molar refractivity (Wildman–Crippen MR) is 176 cm³/mol. The Kier molecular flexibility index (Phi) is 4.89. The molecule has 3 heterocycles. The topological polar surface area (TPSA) is 36.7 Å². The van der Waals surface area contributed by atoms with Crippen molar-refractivity contribution in [3.8, 4) is 0 Å². The third-order valence-electron chi connectivity index (χ3n) is 8.16. The normalized spacial score (nSPS) is 12.8. The van der Waals surface area contributed by atoms with E-state index in [1.54, 1.807) is 11.3 Å². The van der Waals surface area contributed by atoms with Gasteiger partial charge < -0.3 is 14.2 Å². The van der Waals surface area contributed by atoms with E-state index in [2.05, 4.69) is 107 Å². The molecule has 0 N–H and O–H groups in total. The monoisotopic (exact) mass is 558 g/mol. The summed E-state index contributed by atoms with van der Waals surface area (Å²) >= 11 is 1.72. The molecule has 0 fully saturated rings. The standard InChI is InChI=1S/C37H22N2O2S/c40-36-25-13-4-9-20-33(25)41-34-21-26-24-14-10-19-32(37(24)42-35(26)22-27(34)36)39-30-17-7-5-15-28(30)38(23-11-2-1-3-12-23)29-16-6-8-18-31(29)39/h1-22H. The summed E-state index contributed by atoms with van der Waals surface area (Å²) in [4.78, 5) is 18.1. The Balaban J connectivity index is 1.32. The lowest BCUT2D eigenvalue weighted by molar-refractivity contribution is 0.660. The molecule has 0 bridgehead atoms. The third-order valence-corrected chi connectivity index (χ3v) is 9.35. The first kappa shape index (κ1) is 23.3. The van der Waals surface area contributed by atoms with Crippen molar-refractivity contribution in [3.05, 3.63) is 144 Å². The Bertz CT molecular complexity index is 2360. The molecule has 0 saturated carbocycles. The number of thiophene rings is 1. The van der Waals surface area contributed by atoms with Gasteiger partial charge in [0.15, 0.2) is 0 Å². The fraction of sp³-hybridized carbons (Fsp3) is 0. The molecule has 6 aromatic carbocycles. The van der Waals surface area contributed by atoms with Crippen molar-refractivity contribution in [1.82, 2.24) is 0 Å². The fourth-order valence-electron chi connectivity index (χ4n) is 6.31. The first-order valence-electron chi connectivity index (χ1n) is 13.9. The fourth-order valence-corrected chi connectivity index (χ4v) is 7.54. The Labute approximate surface area is 244 Å². The molecule has 198 valence electrons. The lowest BCUT2D eigenvalue weighted by Crippen LogP contribution is -2.23. The minimum atomic E-state index is 0.00585. The molecule has 0 saturated heterocycles. The molecular weight excluding hydrogens is 536 g/mol. The second-order valence-corrected chi connectivity index (χ2v) is 11.6. The van der Waals surface area contributed by atoms with Crippen LogP contribution in [0.1, 0.15) is 0 Å². The van der Waals surface area contributed by atoms with E-state index in [1.165, 1.54) is 0 Å². The van der Waals surface area contributed by atoms with Crippen molar-refractivity contribution < 1.29 is 4.42 Å². The van der Waals surface area contributed by atoms with Gasteiger partial charge in [-0.3, -0.25) is 4.79 Å². The van der Waals surface area contributed by atoms with E-state index < -0.39 is 0 Å². The van der Waals surface area contributed by atoms with Crippen LogP contribution in [0.4, 0.5) is 34.1 Å². The molecule has 4 nitrogen and oxygen atoms in total. The lowest BCUT2D eigenvalue weighted by Gasteiger charge is -2.40. The van der Waals surface area contributed by atoms with Gasteiger partial charge in [-0.1, -0.05) is 66.7 Å². The van der Waals surface area contributed by atoms with Gasteiger partial charge in [0.05, 0.1) is 43.9 Å². The van der Waals surface area contributed by atoms with Gasteiger partial charge >= 0.3 is 0 Å². The van der Waals surface area contributed by atoms with Crippen LogP contribution in [0.3, 0.4) is 0 Å². The Hall–Kier alpha value is -5.39. The molecule has 1 aliphatic rings. The molecule has 0 aliphatic carbocycles. The van der Waals surface area contributed by atoms with Crippen LogP contribution in [0.5, 0.6) is 0 Å². The van der Waals surface area contributed by atoms with Gasteiger partial charge in [0.2, 0.25) is 5.43 Å². The van der Waals surface area contributed by atoms with Crippen molar-refractivity contribution in [1.29, 1.82) is 0 Å². The molecular formula is C37H22N2O2S. The number of benzene rings is 6. The largest absolute Gasteiger partial charge is 0.456 e. The van der Waals surface area contributed by atoms with Gasteiger partial charge in [0, 0.05) is 21.2 Å². The van der Waals surface area contributed by atoms with Crippen LogP contribution in [-0.4, -0.2) is 0 Å². The molecule has 9 rings (SSSR count). The summed E-state index contributed by atoms with van der Waals surface area (Å²) < 4.78 is 8.47. The van der Waals surface area contributed by atoms with Crippen LogP contribution >= 0.6 is 11.3 Å². The molecule has 0 amide bonds. The molecule has 1 aliphatic heterocycles. The summed E-state index contributed by atoms with van der Waals surface area (Å²) in [6, 6.07) is 45.7. The number of nitrogens with zero attached hydrogens (tertiary/aromatic N) is 2. The molecule has 8 aromatic rings. The van der Waals surface area contributed by atoms with E-state index in [1.807, 2.05) is 36.4 Å². The number of hydrogen-bond acceptors (Lipinski definition) is 5. The second-order valence-electron chi connectivity index (χ2n) is 10.5. The summed E-state index contributed by atoms with van der Waals surface area (Å²) in [5.74, 6) is 0. The summed E-state index contributed by atoms with van der Waals surface area (Å²) in [5, 5.41) is 3.45. The van der Waals surface area contributed by atoms with Crippen molar-refractivity contribution in [2.75, 3.05) is 9.80 Å². The first-order valence-corrected chi connectivity index (χ1v) is 14.7. The minimum Gasteiger partial charge on any atom is -0.456 e. The molecule has 0 unspecified atom stereocenters. The van der Waals surface area contributed by atoms with Gasteiger partial charge in [0.1, 0.15) is 11.2 Å². The minimum absolute atomic E-state index is 0.00585. The van der Waals surface area contributed by atoms with E-state index in [0.29, 0.717) is 21.9 Å². The molecule has 0 atom stereocenters. The van der Waals surface area contributed by atoms with Crippen LogP contribution in [-0.2, 0) is 0 Å². The van der Waals surface area contributed by atoms with Gasteiger partial charge in [-0.2, -0.15) is 0 Å². The van der Waals surface area contributed by atoms with E-state index in [0.717, 1.165) is 54.3 Å². The van der Waals surface area contributed by atoms with Crippen molar-refractivity contribution in [2.24, 2.45) is 0 Å². The number of para-hydroxylation sites is 6. The molecule has 5 heteroatoms. The zero-order chi connectivity index (χ0) is 27.8. The van der Waals surface area contributed by atoms with Crippen LogP contribution in [0.25, 0.3) is 42.1 Å². The van der Waals surface area contributed by atoms with E-state index >= 15 is 0 Å². The van der Waals surface area contributed by atoms with Gasteiger partial charge in [0.25, 0.3) is 0 Å². The summed E-state index contributed by atoms with van der Waals surface area (Å²) in [6.45, 7) is 0. The summed E-state index contributed by atoms with van der Waals surface area (Å²) in [5.41, 5.74) is 7.91. The maximum atomic E-state index is 13.4. The first-order chi connectivity index (χ1) is 20.8. The second kappa shape index (κ2) is 8.80. The summed E-state index contributed by atoms with van der Waals surface area (Å²) in [6.07, 6.45) is 0. The van der Waals surface area contributed by atoms with Crippen LogP contribution in [0, 0.1) is 0 Å². The van der Waals surface area contributed by atoms with Crippen LogP contribution in [0.2, 0.25) is 0 Å². The van der Waals surface area contributed by atoms with Gasteiger partial charge in [-0.25, -0.2) is 0 Å². The molecule has 2 aromatic heterocycles. The molecule has 42 heavy (non-hydrogen) atoms.